The predicted octanol–water partition coefficient (Wildman–Crippen LogP) is 4.69. The fourth-order valence-corrected chi connectivity index (χ4v) is 5.36. The van der Waals surface area contributed by atoms with Crippen LogP contribution in [0.15, 0.2) is 24.4 Å². The van der Waals surface area contributed by atoms with Gasteiger partial charge in [-0.05, 0) is 39.0 Å². The van der Waals surface area contributed by atoms with E-state index in [2.05, 4.69) is 37.7 Å². The van der Waals surface area contributed by atoms with Crippen LogP contribution in [0.3, 0.4) is 0 Å². The van der Waals surface area contributed by atoms with Crippen molar-refractivity contribution >= 4 is 51.1 Å². The van der Waals surface area contributed by atoms with E-state index in [0.29, 0.717) is 38.1 Å². The summed E-state index contributed by atoms with van der Waals surface area (Å²) in [4.78, 5) is 57.2. The zero-order chi connectivity index (χ0) is 27.7. The van der Waals surface area contributed by atoms with E-state index in [1.54, 1.807) is 0 Å². The van der Waals surface area contributed by atoms with Crippen LogP contribution in [0.2, 0.25) is 0 Å². The summed E-state index contributed by atoms with van der Waals surface area (Å²) in [5.74, 6) is 0.812. The second-order valence-corrected chi connectivity index (χ2v) is 12.5. The highest BCUT2D eigenvalue weighted by Gasteiger charge is 2.24. The molecule has 36 heavy (non-hydrogen) atoms. The van der Waals surface area contributed by atoms with Crippen molar-refractivity contribution in [3.63, 3.8) is 0 Å². The lowest BCUT2D eigenvalue weighted by molar-refractivity contribution is -0.137. The SMILES string of the molecule is CC(C)C(C)(C)SSCCCN1C(=O)C=CC1=O.COC(=O)/C=C/NC(=O)CCCCC(=O)C(C)C. The molecule has 0 aliphatic carbocycles. The van der Waals surface area contributed by atoms with E-state index >= 15 is 0 Å². The molecule has 0 saturated carbocycles. The van der Waals surface area contributed by atoms with Gasteiger partial charge in [-0.25, -0.2) is 4.79 Å². The Morgan fingerprint density at radius 1 is 1.03 bits per heavy atom. The second-order valence-electron chi connectivity index (χ2n) is 9.43. The van der Waals surface area contributed by atoms with Gasteiger partial charge in [0, 0.05) is 60.2 Å². The Bertz CT molecular complexity index is 788. The zero-order valence-corrected chi connectivity index (χ0v) is 24.3. The molecule has 0 spiro atoms. The van der Waals surface area contributed by atoms with Crippen molar-refractivity contribution in [2.45, 2.75) is 78.4 Å². The smallest absolute Gasteiger partial charge is 0.331 e. The number of carbonyl (C=O) groups is 5. The molecule has 0 radical (unpaired) electrons. The van der Waals surface area contributed by atoms with Crippen molar-refractivity contribution in [2.24, 2.45) is 11.8 Å². The Labute approximate surface area is 223 Å². The molecule has 3 amide bonds. The number of carbonyl (C=O) groups excluding carboxylic acids is 5. The number of esters is 1. The maximum atomic E-state index is 11.3. The third-order valence-electron chi connectivity index (χ3n) is 5.56. The molecule has 1 rings (SSSR count). The van der Waals surface area contributed by atoms with Crippen LogP contribution in [0.5, 0.6) is 0 Å². The first-order valence-electron chi connectivity index (χ1n) is 12.2. The van der Waals surface area contributed by atoms with Gasteiger partial charge in [0.15, 0.2) is 0 Å². The third kappa shape index (κ3) is 15.1. The lowest BCUT2D eigenvalue weighted by atomic mass is 10.00. The van der Waals surface area contributed by atoms with Crippen molar-refractivity contribution in [1.29, 1.82) is 0 Å². The van der Waals surface area contributed by atoms with Gasteiger partial charge < -0.3 is 10.1 Å². The summed E-state index contributed by atoms with van der Waals surface area (Å²) in [5.41, 5.74) is 0. The Morgan fingerprint density at radius 3 is 2.14 bits per heavy atom. The largest absolute Gasteiger partial charge is 0.466 e. The summed E-state index contributed by atoms with van der Waals surface area (Å²) in [6.07, 6.45) is 8.16. The Morgan fingerprint density at radius 2 is 1.61 bits per heavy atom. The van der Waals surface area contributed by atoms with Crippen molar-refractivity contribution in [2.75, 3.05) is 19.4 Å². The minimum atomic E-state index is -0.516. The summed E-state index contributed by atoms with van der Waals surface area (Å²) in [6, 6.07) is 0. The Hall–Kier alpha value is -2.07. The van der Waals surface area contributed by atoms with Gasteiger partial charge in [-0.3, -0.25) is 24.1 Å². The number of rotatable bonds is 15. The molecule has 1 aliphatic rings. The van der Waals surface area contributed by atoms with Gasteiger partial charge in [-0.15, -0.1) is 0 Å². The Kier molecular flexibility index (Phi) is 17.2. The number of unbranched alkanes of at least 4 members (excludes halogenated alkanes) is 1. The average Bonchev–Trinajstić information content (AvgIpc) is 3.13. The monoisotopic (exact) mass is 542 g/mol. The number of nitrogens with one attached hydrogen (secondary N) is 1. The van der Waals surface area contributed by atoms with Gasteiger partial charge in [0.25, 0.3) is 11.8 Å². The zero-order valence-electron chi connectivity index (χ0n) is 22.6. The summed E-state index contributed by atoms with van der Waals surface area (Å²) in [7, 11) is 4.97. The summed E-state index contributed by atoms with van der Waals surface area (Å²) >= 11 is 0. The quantitative estimate of drug-likeness (QED) is 0.104. The van der Waals surface area contributed by atoms with Crippen LogP contribution in [0, 0.1) is 11.8 Å². The van der Waals surface area contributed by atoms with Crippen LogP contribution in [-0.2, 0) is 28.7 Å². The first kappa shape index (κ1) is 33.9. The molecule has 0 aromatic rings. The van der Waals surface area contributed by atoms with Crippen molar-refractivity contribution in [3.8, 4) is 0 Å². The molecule has 0 aromatic heterocycles. The maximum absolute atomic E-state index is 11.3. The highest BCUT2D eigenvalue weighted by atomic mass is 33.1. The number of ether oxygens (including phenoxy) is 1. The van der Waals surface area contributed by atoms with Crippen LogP contribution in [0.25, 0.3) is 0 Å². The molecule has 0 fully saturated rings. The van der Waals surface area contributed by atoms with Crippen molar-refractivity contribution < 1.29 is 28.7 Å². The predicted molar refractivity (Wildman–Crippen MR) is 147 cm³/mol. The van der Waals surface area contributed by atoms with Crippen molar-refractivity contribution in [3.05, 3.63) is 24.4 Å². The standard InChI is InChI=1S/C13H21NO4.C13H21NO2S2/c1-10(2)11(15)6-4-5-7-12(16)14-9-8-13(17)18-3;1-10(2)13(3,4)18-17-9-5-8-14-11(15)6-7-12(14)16/h8-10H,4-7H2,1-3H3,(H,14,16);6-7,10H,5,8-9H2,1-4H3/b9-8+;. The second kappa shape index (κ2) is 18.2. The number of nitrogens with zero attached hydrogens (tertiary/aromatic N) is 1. The Balaban J connectivity index is 0.000000681. The van der Waals surface area contributed by atoms with E-state index in [0.717, 1.165) is 18.2 Å². The van der Waals surface area contributed by atoms with Gasteiger partial charge in [0.1, 0.15) is 5.78 Å². The molecule has 0 unspecified atom stereocenters. The van der Waals surface area contributed by atoms with Gasteiger partial charge >= 0.3 is 5.97 Å². The number of hydrogen-bond acceptors (Lipinski definition) is 8. The number of hydrogen-bond donors (Lipinski definition) is 1. The first-order chi connectivity index (χ1) is 16.8. The molecule has 1 aliphatic heterocycles. The van der Waals surface area contributed by atoms with Crippen LogP contribution in [0.1, 0.15) is 73.6 Å². The van der Waals surface area contributed by atoms with Crippen molar-refractivity contribution in [1.82, 2.24) is 10.2 Å². The van der Waals surface area contributed by atoms with E-state index in [9.17, 15) is 24.0 Å². The van der Waals surface area contributed by atoms with Crippen LogP contribution < -0.4 is 5.32 Å². The van der Waals surface area contributed by atoms with E-state index in [4.69, 9.17) is 0 Å². The minimum Gasteiger partial charge on any atom is -0.466 e. The fraction of sp³-hybridized carbons (Fsp3) is 0.654. The van der Waals surface area contributed by atoms with E-state index in [-0.39, 0.29) is 34.2 Å². The summed E-state index contributed by atoms with van der Waals surface area (Å²) in [5, 5.41) is 2.45. The minimum absolute atomic E-state index is 0.0572. The van der Waals surface area contributed by atoms with Gasteiger partial charge in [0.05, 0.1) is 7.11 Å². The number of amides is 3. The maximum Gasteiger partial charge on any atom is 0.331 e. The molecular formula is C26H42N2O6S2. The molecule has 10 heteroatoms. The fourth-order valence-electron chi connectivity index (χ4n) is 2.44. The number of imide groups is 1. The number of Topliss-reactive ketones (excluding diaryl/α,β-unsaturated/α-hetero) is 1. The molecule has 0 saturated heterocycles. The lowest BCUT2D eigenvalue weighted by Gasteiger charge is -2.27. The van der Waals surface area contributed by atoms with Gasteiger partial charge in [0.2, 0.25) is 5.91 Å². The van der Waals surface area contributed by atoms with E-state index < -0.39 is 5.97 Å². The number of ketones is 1. The molecule has 204 valence electrons. The normalized spacial score (nSPS) is 13.4. The van der Waals surface area contributed by atoms with Gasteiger partial charge in [-0.2, -0.15) is 0 Å². The first-order valence-corrected chi connectivity index (χ1v) is 14.5. The molecule has 0 atom stereocenters. The number of methoxy groups -OCH3 is 1. The summed E-state index contributed by atoms with van der Waals surface area (Å²) < 4.78 is 4.62. The molecule has 8 nitrogen and oxygen atoms in total. The molecule has 1 heterocycles. The van der Waals surface area contributed by atoms with Crippen LogP contribution >= 0.6 is 21.6 Å². The molecule has 0 aromatic carbocycles. The summed E-state index contributed by atoms with van der Waals surface area (Å²) in [6.45, 7) is 13.2. The highest BCUT2D eigenvalue weighted by Crippen LogP contribution is 2.40. The van der Waals surface area contributed by atoms with Crippen LogP contribution in [-0.4, -0.2) is 58.5 Å². The van der Waals surface area contributed by atoms with E-state index in [1.807, 2.05) is 35.4 Å². The lowest BCUT2D eigenvalue weighted by Crippen LogP contribution is -2.31. The molecule has 0 bridgehead atoms. The highest BCUT2D eigenvalue weighted by molar-refractivity contribution is 8.77. The van der Waals surface area contributed by atoms with Gasteiger partial charge in [-0.1, -0.05) is 49.3 Å². The average molecular weight is 543 g/mol. The molecule has 1 N–H and O–H groups in total. The topological polar surface area (TPSA) is 110 Å². The van der Waals surface area contributed by atoms with E-state index in [1.165, 1.54) is 30.4 Å². The molecular weight excluding hydrogens is 500 g/mol. The third-order valence-corrected chi connectivity index (χ3v) is 9.18. The van der Waals surface area contributed by atoms with Crippen LogP contribution in [0.4, 0.5) is 0 Å².